The Bertz CT molecular complexity index is 663. The molecule has 1 aromatic heterocycles. The molecule has 0 aliphatic carbocycles. The van der Waals surface area contributed by atoms with E-state index in [1.165, 1.54) is 11.3 Å². The number of H-pyrrole nitrogens is 1. The van der Waals surface area contributed by atoms with Gasteiger partial charge in [-0.3, -0.25) is 4.90 Å². The molecule has 2 N–H and O–H groups in total. The van der Waals surface area contributed by atoms with Gasteiger partial charge < -0.3 is 10.1 Å². The lowest BCUT2D eigenvalue weighted by molar-refractivity contribution is -0.0596. The molecule has 0 bridgehead atoms. The molecule has 3 rings (SSSR count). The van der Waals surface area contributed by atoms with Crippen LogP contribution in [-0.2, 0) is 19.4 Å². The van der Waals surface area contributed by atoms with Crippen LogP contribution in [0.5, 0.6) is 0 Å². The van der Waals surface area contributed by atoms with Gasteiger partial charge in [-0.05, 0) is 32.3 Å². The molecule has 4 nitrogen and oxygen atoms in total. The van der Waals surface area contributed by atoms with Crippen LogP contribution >= 0.6 is 0 Å². The van der Waals surface area contributed by atoms with Gasteiger partial charge in [-0.1, -0.05) is 37.3 Å². The first-order chi connectivity index (χ1) is 11.5. The maximum Gasteiger partial charge on any atom is 0.106 e. The Morgan fingerprint density at radius 2 is 2.08 bits per heavy atom. The van der Waals surface area contributed by atoms with Crippen LogP contribution in [0.15, 0.2) is 30.3 Å². The molecule has 24 heavy (non-hydrogen) atoms. The molecule has 0 unspecified atom stereocenters. The molecule has 0 radical (unpaired) electrons. The molecule has 1 aliphatic heterocycles. The van der Waals surface area contributed by atoms with Crippen LogP contribution in [0.2, 0.25) is 0 Å². The number of hydrogen-bond acceptors (Lipinski definition) is 3. The van der Waals surface area contributed by atoms with Crippen LogP contribution in [0.1, 0.15) is 43.0 Å². The van der Waals surface area contributed by atoms with Gasteiger partial charge in [0, 0.05) is 37.7 Å². The zero-order valence-corrected chi connectivity index (χ0v) is 15.0. The number of aromatic amines is 1. The lowest BCUT2D eigenvalue weighted by Gasteiger charge is -2.42. The van der Waals surface area contributed by atoms with E-state index in [1.807, 2.05) is 13.0 Å². The van der Waals surface area contributed by atoms with Gasteiger partial charge >= 0.3 is 0 Å². The Kier molecular flexibility index (Phi) is 5.07. The summed E-state index contributed by atoms with van der Waals surface area (Å²) in [4.78, 5) is 10.5. The number of aliphatic hydroxyl groups is 1. The van der Waals surface area contributed by atoms with Crippen molar-refractivity contribution >= 4 is 0 Å². The minimum absolute atomic E-state index is 0.249. The molecule has 2 aromatic rings. The normalized spacial score (nSPS) is 25.1. The SMILES string of the molecule is CCc1nc(CN2CC[C@](C)(O)[C@H](Cc3ccccc3)C2)c(C)[nH]1. The number of aryl methyl sites for hydroxylation is 2. The number of hydrogen-bond donors (Lipinski definition) is 2. The molecule has 1 aromatic carbocycles. The predicted octanol–water partition coefficient (Wildman–Crippen LogP) is 3.10. The topological polar surface area (TPSA) is 52.1 Å². The molecule has 1 fully saturated rings. The van der Waals surface area contributed by atoms with Crippen molar-refractivity contribution in [2.75, 3.05) is 13.1 Å². The van der Waals surface area contributed by atoms with Gasteiger partial charge in [-0.25, -0.2) is 4.98 Å². The van der Waals surface area contributed by atoms with Crippen molar-refractivity contribution in [3.63, 3.8) is 0 Å². The van der Waals surface area contributed by atoms with Crippen molar-refractivity contribution in [1.82, 2.24) is 14.9 Å². The lowest BCUT2D eigenvalue weighted by atomic mass is 9.79. The molecule has 2 heterocycles. The second-order valence-corrected chi connectivity index (χ2v) is 7.34. The predicted molar refractivity (Wildman–Crippen MR) is 96.9 cm³/mol. The van der Waals surface area contributed by atoms with Crippen molar-refractivity contribution in [3.8, 4) is 0 Å². The van der Waals surface area contributed by atoms with E-state index in [-0.39, 0.29) is 5.92 Å². The van der Waals surface area contributed by atoms with Crippen LogP contribution in [-0.4, -0.2) is 38.7 Å². The molecule has 0 spiro atoms. The number of imidazole rings is 1. The summed E-state index contributed by atoms with van der Waals surface area (Å²) in [6, 6.07) is 10.5. The van der Waals surface area contributed by atoms with Crippen LogP contribution < -0.4 is 0 Å². The number of piperidine rings is 1. The van der Waals surface area contributed by atoms with Crippen LogP contribution in [0.3, 0.4) is 0 Å². The van der Waals surface area contributed by atoms with Crippen LogP contribution in [0.25, 0.3) is 0 Å². The minimum atomic E-state index is -0.596. The molecule has 4 heteroatoms. The van der Waals surface area contributed by atoms with Crippen molar-refractivity contribution in [2.24, 2.45) is 5.92 Å². The van der Waals surface area contributed by atoms with E-state index in [0.29, 0.717) is 0 Å². The van der Waals surface area contributed by atoms with Gasteiger partial charge in [0.15, 0.2) is 0 Å². The molecule has 0 amide bonds. The Balaban J connectivity index is 1.69. The highest BCUT2D eigenvalue weighted by molar-refractivity contribution is 5.17. The van der Waals surface area contributed by atoms with E-state index in [1.54, 1.807) is 0 Å². The summed E-state index contributed by atoms with van der Waals surface area (Å²) in [5, 5.41) is 10.8. The quantitative estimate of drug-likeness (QED) is 0.887. The van der Waals surface area contributed by atoms with Gasteiger partial charge in [-0.15, -0.1) is 0 Å². The summed E-state index contributed by atoms with van der Waals surface area (Å²) in [5.41, 5.74) is 3.02. The van der Waals surface area contributed by atoms with Gasteiger partial charge in [0.2, 0.25) is 0 Å². The summed E-state index contributed by atoms with van der Waals surface area (Å²) in [6.45, 7) is 8.91. The molecule has 2 atom stereocenters. The minimum Gasteiger partial charge on any atom is -0.390 e. The number of nitrogens with one attached hydrogen (secondary N) is 1. The molecular formula is C20H29N3O. The second-order valence-electron chi connectivity index (χ2n) is 7.34. The fourth-order valence-corrected chi connectivity index (χ4v) is 3.61. The van der Waals surface area contributed by atoms with Gasteiger partial charge in [0.05, 0.1) is 11.3 Å². The summed E-state index contributed by atoms with van der Waals surface area (Å²) >= 11 is 0. The Labute approximate surface area is 144 Å². The van der Waals surface area contributed by atoms with E-state index >= 15 is 0 Å². The van der Waals surface area contributed by atoms with E-state index in [0.717, 1.165) is 50.4 Å². The molecular weight excluding hydrogens is 298 g/mol. The zero-order valence-electron chi connectivity index (χ0n) is 15.0. The average Bonchev–Trinajstić information content (AvgIpc) is 2.92. The molecule has 0 saturated carbocycles. The maximum atomic E-state index is 10.8. The smallest absolute Gasteiger partial charge is 0.106 e. The first kappa shape index (κ1) is 17.2. The van der Waals surface area contributed by atoms with Gasteiger partial charge in [0.25, 0.3) is 0 Å². The molecule has 130 valence electrons. The Morgan fingerprint density at radius 1 is 1.33 bits per heavy atom. The van der Waals surface area contributed by atoms with Crippen molar-refractivity contribution in [2.45, 2.75) is 52.2 Å². The molecule has 1 saturated heterocycles. The van der Waals surface area contributed by atoms with Crippen molar-refractivity contribution in [3.05, 3.63) is 53.1 Å². The number of nitrogens with zero attached hydrogens (tertiary/aromatic N) is 2. The Morgan fingerprint density at radius 3 is 2.75 bits per heavy atom. The third kappa shape index (κ3) is 3.87. The fourth-order valence-electron chi connectivity index (χ4n) is 3.61. The maximum absolute atomic E-state index is 10.8. The standard InChI is InChI=1S/C20H29N3O/c1-4-19-21-15(2)18(22-19)14-23-11-10-20(3,24)17(13-23)12-16-8-6-5-7-9-16/h5-9,17,24H,4,10-14H2,1-3H3,(H,21,22)/t17-,20+/m1/s1. The third-order valence-electron chi connectivity index (χ3n) is 5.36. The average molecular weight is 327 g/mol. The Hall–Kier alpha value is -1.65. The largest absolute Gasteiger partial charge is 0.390 e. The monoisotopic (exact) mass is 327 g/mol. The van der Waals surface area contributed by atoms with Crippen molar-refractivity contribution < 1.29 is 5.11 Å². The third-order valence-corrected chi connectivity index (χ3v) is 5.36. The number of aromatic nitrogens is 2. The van der Waals surface area contributed by atoms with Gasteiger partial charge in [0.1, 0.15) is 5.82 Å². The summed E-state index contributed by atoms with van der Waals surface area (Å²) < 4.78 is 0. The van der Waals surface area contributed by atoms with Crippen LogP contribution in [0, 0.1) is 12.8 Å². The number of rotatable bonds is 5. The van der Waals surface area contributed by atoms with E-state index in [4.69, 9.17) is 4.98 Å². The van der Waals surface area contributed by atoms with E-state index < -0.39 is 5.60 Å². The summed E-state index contributed by atoms with van der Waals surface area (Å²) in [5.74, 6) is 1.31. The first-order valence-corrected chi connectivity index (χ1v) is 9.01. The number of likely N-dealkylation sites (tertiary alicyclic amines) is 1. The summed E-state index contributed by atoms with van der Waals surface area (Å²) in [7, 11) is 0. The highest BCUT2D eigenvalue weighted by Crippen LogP contribution is 2.31. The summed E-state index contributed by atoms with van der Waals surface area (Å²) in [6.07, 6.45) is 2.67. The highest BCUT2D eigenvalue weighted by atomic mass is 16.3. The van der Waals surface area contributed by atoms with Crippen molar-refractivity contribution in [1.29, 1.82) is 0 Å². The first-order valence-electron chi connectivity index (χ1n) is 9.01. The lowest BCUT2D eigenvalue weighted by Crippen LogP contribution is -2.50. The van der Waals surface area contributed by atoms with E-state index in [9.17, 15) is 5.11 Å². The number of benzene rings is 1. The highest BCUT2D eigenvalue weighted by Gasteiger charge is 2.37. The zero-order chi connectivity index (χ0) is 17.2. The molecule has 1 aliphatic rings. The second kappa shape index (κ2) is 7.08. The van der Waals surface area contributed by atoms with Crippen LogP contribution in [0.4, 0.5) is 0 Å². The van der Waals surface area contributed by atoms with E-state index in [2.05, 4.69) is 48.0 Å². The van der Waals surface area contributed by atoms with Gasteiger partial charge in [-0.2, -0.15) is 0 Å². The fraction of sp³-hybridized carbons (Fsp3) is 0.550.